The van der Waals surface area contributed by atoms with Crippen LogP contribution in [0.2, 0.25) is 0 Å². The number of rotatable bonds is 8. The van der Waals surface area contributed by atoms with Crippen LogP contribution in [-0.4, -0.2) is 70.6 Å². The molecule has 0 saturated carbocycles. The zero-order valence-corrected chi connectivity index (χ0v) is 26.5. The molecule has 5 rings (SSSR count). The first-order valence-corrected chi connectivity index (χ1v) is 15.0. The third-order valence-corrected chi connectivity index (χ3v) is 8.09. The lowest BCUT2D eigenvalue weighted by atomic mass is 10.0. The summed E-state index contributed by atoms with van der Waals surface area (Å²) in [4.78, 5) is 57.8. The number of carbonyl (C=O) groups excluding carboxylic acids is 2. The molecule has 12 nitrogen and oxygen atoms in total. The molecule has 2 atom stereocenters. The summed E-state index contributed by atoms with van der Waals surface area (Å²) >= 11 is 0. The lowest BCUT2D eigenvalue weighted by molar-refractivity contribution is -0.167. The molecule has 0 bridgehead atoms. The van der Waals surface area contributed by atoms with Crippen LogP contribution in [0.1, 0.15) is 34.0 Å². The topological polar surface area (TPSA) is 149 Å². The van der Waals surface area contributed by atoms with Gasteiger partial charge in [0.05, 0.1) is 47.9 Å². The largest absolute Gasteiger partial charge is 0.464 e. The van der Waals surface area contributed by atoms with Crippen LogP contribution >= 0.6 is 0 Å². The van der Waals surface area contributed by atoms with E-state index in [1.807, 2.05) is 6.07 Å². The molecule has 3 heterocycles. The standard InChI is InChI=1S/C33H30F4N6O6/c1-4-49-31(46)24(40-29(44)28-18(2)11-21(14-23(28)34)42-9-10-48-17-26(42)33(35,36)37)12-20-6-8-27(39-16-20)43-30(45)22-7-5-19(15-38)13-25(22)41(3)32(43)47/h5-8,11,13-14,16,24,26H,4,9-10,12,17H2,1-3H3,(H,40,44)/t24-,26+/m0/s1. The number of nitriles is 1. The molecule has 0 aliphatic carbocycles. The average molecular weight is 683 g/mol. The predicted octanol–water partition coefficient (Wildman–Crippen LogP) is 3.08. The van der Waals surface area contributed by atoms with E-state index in [-0.39, 0.29) is 59.7 Å². The van der Waals surface area contributed by atoms with Crippen LogP contribution in [0.4, 0.5) is 23.2 Å². The van der Waals surface area contributed by atoms with Crippen molar-refractivity contribution in [3.63, 3.8) is 0 Å². The first-order chi connectivity index (χ1) is 23.2. The van der Waals surface area contributed by atoms with E-state index in [4.69, 9.17) is 9.47 Å². The molecule has 1 amide bonds. The lowest BCUT2D eigenvalue weighted by Gasteiger charge is -2.38. The number of aromatic nitrogens is 3. The maximum atomic E-state index is 15.4. The van der Waals surface area contributed by atoms with Gasteiger partial charge in [-0.15, -0.1) is 0 Å². The highest BCUT2D eigenvalue weighted by molar-refractivity contribution is 5.98. The SMILES string of the molecule is CCOC(=O)[C@H](Cc1ccc(-n2c(=O)c3ccc(C#N)cc3n(C)c2=O)nc1)NC(=O)c1c(C)cc(N2CCOC[C@@H]2C(F)(F)F)cc1F. The predicted molar refractivity (Wildman–Crippen MR) is 168 cm³/mol. The monoisotopic (exact) mass is 682 g/mol. The number of aryl methyl sites for hydroxylation is 2. The minimum absolute atomic E-state index is 0.00625. The molecule has 1 saturated heterocycles. The Morgan fingerprint density at radius 2 is 1.94 bits per heavy atom. The van der Waals surface area contributed by atoms with E-state index in [0.717, 1.165) is 15.5 Å². The summed E-state index contributed by atoms with van der Waals surface area (Å²) in [6.45, 7) is 2.13. The molecule has 1 aliphatic rings. The van der Waals surface area contributed by atoms with Crippen molar-refractivity contribution in [2.45, 2.75) is 38.5 Å². The number of hydrogen-bond donors (Lipinski definition) is 1. The van der Waals surface area contributed by atoms with Gasteiger partial charge in [0.2, 0.25) is 0 Å². The van der Waals surface area contributed by atoms with Crippen LogP contribution < -0.4 is 21.5 Å². The van der Waals surface area contributed by atoms with Crippen molar-refractivity contribution in [1.29, 1.82) is 5.26 Å². The van der Waals surface area contributed by atoms with Gasteiger partial charge in [0.1, 0.15) is 23.7 Å². The van der Waals surface area contributed by atoms with E-state index in [1.54, 1.807) is 6.92 Å². The highest BCUT2D eigenvalue weighted by Crippen LogP contribution is 2.33. The van der Waals surface area contributed by atoms with Crippen molar-refractivity contribution in [3.8, 4) is 11.9 Å². The zero-order valence-electron chi connectivity index (χ0n) is 26.5. The van der Waals surface area contributed by atoms with Gasteiger partial charge in [-0.2, -0.15) is 18.4 Å². The molecule has 1 aliphatic heterocycles. The van der Waals surface area contributed by atoms with Gasteiger partial charge in [-0.3, -0.25) is 14.2 Å². The normalized spacial score (nSPS) is 15.5. The third-order valence-electron chi connectivity index (χ3n) is 8.09. The van der Waals surface area contributed by atoms with Gasteiger partial charge in [0.15, 0.2) is 0 Å². The van der Waals surface area contributed by atoms with Crippen molar-refractivity contribution >= 4 is 28.5 Å². The van der Waals surface area contributed by atoms with E-state index in [2.05, 4.69) is 10.3 Å². The summed E-state index contributed by atoms with van der Waals surface area (Å²) < 4.78 is 68.4. The zero-order chi connectivity index (χ0) is 35.6. The summed E-state index contributed by atoms with van der Waals surface area (Å²) in [6, 6.07) is 7.92. The molecule has 16 heteroatoms. The van der Waals surface area contributed by atoms with Crippen molar-refractivity contribution < 1.29 is 36.6 Å². The van der Waals surface area contributed by atoms with Gasteiger partial charge in [-0.1, -0.05) is 6.07 Å². The molecular formula is C33H30F4N6O6. The third kappa shape index (κ3) is 7.02. The highest BCUT2D eigenvalue weighted by atomic mass is 19.4. The summed E-state index contributed by atoms with van der Waals surface area (Å²) in [7, 11) is 1.45. The highest BCUT2D eigenvalue weighted by Gasteiger charge is 2.45. The first kappa shape index (κ1) is 34.8. The number of anilines is 1. The molecule has 2 aromatic heterocycles. The molecule has 1 fully saturated rings. The van der Waals surface area contributed by atoms with Gasteiger partial charge in [-0.25, -0.2) is 23.5 Å². The van der Waals surface area contributed by atoms with Crippen LogP contribution in [0.25, 0.3) is 16.7 Å². The minimum atomic E-state index is -4.63. The Labute approximate surface area is 276 Å². The molecule has 2 aromatic carbocycles. The summed E-state index contributed by atoms with van der Waals surface area (Å²) in [5.74, 6) is -2.94. The van der Waals surface area contributed by atoms with Crippen molar-refractivity contribution in [2.24, 2.45) is 7.05 Å². The Morgan fingerprint density at radius 1 is 1.18 bits per heavy atom. The number of morpholine rings is 1. The first-order valence-electron chi connectivity index (χ1n) is 15.0. The number of halogens is 4. The Balaban J connectivity index is 1.40. The van der Waals surface area contributed by atoms with Crippen LogP contribution in [0.3, 0.4) is 0 Å². The molecule has 4 aromatic rings. The number of fused-ring (bicyclic) bond motifs is 1. The van der Waals surface area contributed by atoms with Crippen molar-refractivity contribution in [1.82, 2.24) is 19.4 Å². The number of benzene rings is 2. The van der Waals surface area contributed by atoms with E-state index < -0.39 is 59.4 Å². The molecule has 0 unspecified atom stereocenters. The van der Waals surface area contributed by atoms with Gasteiger partial charge in [0, 0.05) is 31.9 Å². The number of ether oxygens (including phenoxy) is 2. The summed E-state index contributed by atoms with van der Waals surface area (Å²) in [5.41, 5.74) is -0.949. The quantitative estimate of drug-likeness (QED) is 0.219. The van der Waals surface area contributed by atoms with Gasteiger partial charge >= 0.3 is 17.8 Å². The lowest BCUT2D eigenvalue weighted by Crippen LogP contribution is -2.53. The second kappa shape index (κ2) is 13.9. The minimum Gasteiger partial charge on any atom is -0.464 e. The number of amides is 1. The van der Waals surface area contributed by atoms with E-state index in [9.17, 15) is 37.6 Å². The number of carbonyl (C=O) groups is 2. The second-order valence-electron chi connectivity index (χ2n) is 11.3. The molecule has 49 heavy (non-hydrogen) atoms. The second-order valence-corrected chi connectivity index (χ2v) is 11.3. The number of alkyl halides is 3. The van der Waals surface area contributed by atoms with Crippen LogP contribution in [0, 0.1) is 24.1 Å². The Hall–Kier alpha value is -5.56. The van der Waals surface area contributed by atoms with Crippen LogP contribution in [0.5, 0.6) is 0 Å². The molecule has 0 spiro atoms. The van der Waals surface area contributed by atoms with Crippen molar-refractivity contribution in [3.05, 3.63) is 97.6 Å². The molecule has 0 radical (unpaired) electrons. The number of nitrogens with zero attached hydrogens (tertiary/aromatic N) is 5. The van der Waals surface area contributed by atoms with Crippen LogP contribution in [-0.2, 0) is 27.7 Å². The van der Waals surface area contributed by atoms with Gasteiger partial charge < -0.3 is 19.7 Å². The number of pyridine rings is 1. The smallest absolute Gasteiger partial charge is 0.411 e. The fourth-order valence-corrected chi connectivity index (χ4v) is 5.66. The molecular weight excluding hydrogens is 652 g/mol. The Kier molecular flexibility index (Phi) is 9.85. The van der Waals surface area contributed by atoms with Gasteiger partial charge in [-0.05, 0) is 61.4 Å². The summed E-state index contributed by atoms with van der Waals surface area (Å²) in [5, 5.41) is 11.8. The van der Waals surface area contributed by atoms with E-state index >= 15 is 4.39 Å². The van der Waals surface area contributed by atoms with Gasteiger partial charge in [0.25, 0.3) is 11.5 Å². The molecule has 256 valence electrons. The summed E-state index contributed by atoms with van der Waals surface area (Å²) in [6.07, 6.45) is -3.52. The van der Waals surface area contributed by atoms with E-state index in [0.29, 0.717) is 5.56 Å². The van der Waals surface area contributed by atoms with Crippen LogP contribution in [0.15, 0.2) is 58.3 Å². The fraction of sp³-hybridized carbons (Fsp3) is 0.333. The van der Waals surface area contributed by atoms with Crippen molar-refractivity contribution in [2.75, 3.05) is 31.3 Å². The number of esters is 1. The average Bonchev–Trinajstić information content (AvgIpc) is 3.07. The maximum absolute atomic E-state index is 15.4. The Bertz CT molecular complexity index is 2060. The fourth-order valence-electron chi connectivity index (χ4n) is 5.66. The Morgan fingerprint density at radius 3 is 2.57 bits per heavy atom. The number of nitrogens with one attached hydrogen (secondary N) is 1. The maximum Gasteiger partial charge on any atom is 0.411 e. The number of hydrogen-bond acceptors (Lipinski definition) is 9. The van der Waals surface area contributed by atoms with E-state index in [1.165, 1.54) is 61.1 Å². The molecule has 1 N–H and O–H groups in total.